The van der Waals surface area contributed by atoms with Gasteiger partial charge in [0.25, 0.3) is 5.91 Å². The molecule has 1 heterocycles. The number of nitrogens with one attached hydrogen (secondary N) is 3. The van der Waals surface area contributed by atoms with Gasteiger partial charge in [0.15, 0.2) is 0 Å². The van der Waals surface area contributed by atoms with Crippen LogP contribution in [0.1, 0.15) is 23.7 Å². The van der Waals surface area contributed by atoms with Crippen LogP contribution in [0.15, 0.2) is 24.3 Å². The maximum atomic E-state index is 12.3. The summed E-state index contributed by atoms with van der Waals surface area (Å²) in [7, 11) is 0. The van der Waals surface area contributed by atoms with Crippen LogP contribution >= 0.6 is 0 Å². The van der Waals surface area contributed by atoms with Crippen molar-refractivity contribution in [3.05, 3.63) is 29.8 Å². The van der Waals surface area contributed by atoms with Gasteiger partial charge in [-0.15, -0.1) is 0 Å². The summed E-state index contributed by atoms with van der Waals surface area (Å²) in [6.45, 7) is 5.47. The topological polar surface area (TPSA) is 111 Å². The van der Waals surface area contributed by atoms with Crippen molar-refractivity contribution >= 4 is 23.5 Å². The van der Waals surface area contributed by atoms with E-state index in [-0.39, 0.29) is 37.2 Å². The highest BCUT2D eigenvalue weighted by Gasteiger charge is 2.14. The molecule has 0 saturated carbocycles. The van der Waals surface area contributed by atoms with Crippen molar-refractivity contribution in [3.63, 3.8) is 0 Å². The number of carboxylic acid groups (broad SMARTS) is 1. The minimum atomic E-state index is -0.899. The van der Waals surface area contributed by atoms with E-state index in [9.17, 15) is 14.4 Å². The molecule has 1 fully saturated rings. The van der Waals surface area contributed by atoms with Crippen molar-refractivity contribution in [3.8, 4) is 0 Å². The summed E-state index contributed by atoms with van der Waals surface area (Å²) in [4.78, 5) is 36.9. The summed E-state index contributed by atoms with van der Waals surface area (Å²) in [5.74, 6) is -1.71. The Balaban J connectivity index is 1.80. The van der Waals surface area contributed by atoms with E-state index in [4.69, 9.17) is 5.11 Å². The number of carbonyl (C=O) groups excluding carboxylic acids is 2. The van der Waals surface area contributed by atoms with Crippen molar-refractivity contribution in [2.75, 3.05) is 44.2 Å². The van der Waals surface area contributed by atoms with Crippen molar-refractivity contribution < 1.29 is 19.5 Å². The number of piperazine rings is 1. The fourth-order valence-corrected chi connectivity index (χ4v) is 2.75. The van der Waals surface area contributed by atoms with E-state index in [0.717, 1.165) is 31.9 Å². The molecule has 0 aliphatic carbocycles. The van der Waals surface area contributed by atoms with E-state index in [1.165, 1.54) is 0 Å². The van der Waals surface area contributed by atoms with Crippen molar-refractivity contribution in [2.45, 2.75) is 13.3 Å². The summed E-state index contributed by atoms with van der Waals surface area (Å²) in [5, 5.41) is 17.2. The number of hydrogen-bond donors (Lipinski definition) is 4. The second-order valence-electron chi connectivity index (χ2n) is 6.48. The van der Waals surface area contributed by atoms with Crippen LogP contribution in [0, 0.1) is 5.92 Å². The average molecular weight is 362 g/mol. The predicted octanol–water partition coefficient (Wildman–Crippen LogP) is 0.0530. The lowest BCUT2D eigenvalue weighted by Crippen LogP contribution is -2.43. The molecule has 4 N–H and O–H groups in total. The Bertz CT molecular complexity index is 644. The average Bonchev–Trinajstić information content (AvgIpc) is 2.64. The molecule has 1 saturated heterocycles. The van der Waals surface area contributed by atoms with Gasteiger partial charge >= 0.3 is 5.97 Å². The molecule has 2 amide bonds. The van der Waals surface area contributed by atoms with E-state index < -0.39 is 5.97 Å². The summed E-state index contributed by atoms with van der Waals surface area (Å²) in [6.07, 6.45) is -0.00848. The number of hydrogen-bond acceptors (Lipinski definition) is 5. The Labute approximate surface area is 152 Å². The van der Waals surface area contributed by atoms with Crippen molar-refractivity contribution in [1.29, 1.82) is 0 Å². The Hall–Kier alpha value is -2.61. The van der Waals surface area contributed by atoms with Gasteiger partial charge in [0.2, 0.25) is 5.91 Å². The van der Waals surface area contributed by atoms with Crippen LogP contribution in [0.5, 0.6) is 0 Å². The molecular weight excluding hydrogens is 336 g/mol. The van der Waals surface area contributed by atoms with E-state index in [2.05, 4.69) is 20.9 Å². The Morgan fingerprint density at radius 2 is 1.96 bits per heavy atom. The number of anilines is 1. The zero-order valence-corrected chi connectivity index (χ0v) is 15.0. The SMILES string of the molecule is C[C@@H](CNC(=O)CNC(=O)c1cccc(N2CCNCC2)c1)CC(=O)O. The number of aliphatic carboxylic acids is 1. The lowest BCUT2D eigenvalue weighted by Gasteiger charge is -2.29. The van der Waals surface area contributed by atoms with Crippen LogP contribution < -0.4 is 20.9 Å². The molecule has 0 radical (unpaired) electrons. The molecule has 1 atom stereocenters. The second-order valence-corrected chi connectivity index (χ2v) is 6.48. The van der Waals surface area contributed by atoms with Crippen LogP contribution in [0.25, 0.3) is 0 Å². The summed E-state index contributed by atoms with van der Waals surface area (Å²) < 4.78 is 0. The number of carbonyl (C=O) groups is 3. The first kappa shape index (κ1) is 19.7. The van der Waals surface area contributed by atoms with Crippen LogP contribution in [0.4, 0.5) is 5.69 Å². The third-order valence-corrected chi connectivity index (χ3v) is 4.17. The Morgan fingerprint density at radius 3 is 2.65 bits per heavy atom. The third kappa shape index (κ3) is 6.36. The summed E-state index contributed by atoms with van der Waals surface area (Å²) >= 11 is 0. The van der Waals surface area contributed by atoms with Crippen LogP contribution in [-0.4, -0.2) is 62.2 Å². The molecule has 1 aromatic carbocycles. The zero-order chi connectivity index (χ0) is 18.9. The summed E-state index contributed by atoms with van der Waals surface area (Å²) in [5.41, 5.74) is 1.50. The first-order valence-electron chi connectivity index (χ1n) is 8.78. The van der Waals surface area contributed by atoms with Crippen molar-refractivity contribution in [1.82, 2.24) is 16.0 Å². The lowest BCUT2D eigenvalue weighted by atomic mass is 10.1. The molecular formula is C18H26N4O4. The smallest absolute Gasteiger partial charge is 0.303 e. The van der Waals surface area contributed by atoms with Gasteiger partial charge in [-0.05, 0) is 24.1 Å². The highest BCUT2D eigenvalue weighted by molar-refractivity contribution is 5.97. The number of amides is 2. The quantitative estimate of drug-likeness (QED) is 0.520. The van der Waals surface area contributed by atoms with Crippen LogP contribution in [0.3, 0.4) is 0 Å². The number of rotatable bonds is 8. The Morgan fingerprint density at radius 1 is 1.23 bits per heavy atom. The van der Waals surface area contributed by atoms with Crippen molar-refractivity contribution in [2.24, 2.45) is 5.92 Å². The van der Waals surface area contributed by atoms with E-state index in [1.54, 1.807) is 13.0 Å². The Kier molecular flexibility index (Phi) is 7.40. The highest BCUT2D eigenvalue weighted by atomic mass is 16.4. The van der Waals surface area contributed by atoms with Gasteiger partial charge in [0, 0.05) is 50.4 Å². The van der Waals surface area contributed by atoms with Gasteiger partial charge < -0.3 is 26.0 Å². The third-order valence-electron chi connectivity index (χ3n) is 4.17. The largest absolute Gasteiger partial charge is 0.481 e. The number of carboxylic acids is 1. The molecule has 1 aromatic rings. The molecule has 8 nitrogen and oxygen atoms in total. The maximum Gasteiger partial charge on any atom is 0.303 e. The number of benzene rings is 1. The number of nitrogens with zero attached hydrogens (tertiary/aromatic N) is 1. The molecule has 0 spiro atoms. The first-order chi connectivity index (χ1) is 12.5. The molecule has 26 heavy (non-hydrogen) atoms. The molecule has 0 bridgehead atoms. The van der Waals surface area contributed by atoms with E-state index in [1.807, 2.05) is 18.2 Å². The molecule has 0 unspecified atom stereocenters. The molecule has 2 rings (SSSR count). The van der Waals surface area contributed by atoms with Gasteiger partial charge in [0.05, 0.1) is 6.54 Å². The zero-order valence-electron chi connectivity index (χ0n) is 15.0. The fraction of sp³-hybridized carbons (Fsp3) is 0.500. The monoisotopic (exact) mass is 362 g/mol. The van der Waals surface area contributed by atoms with Gasteiger partial charge in [-0.25, -0.2) is 0 Å². The lowest BCUT2D eigenvalue weighted by molar-refractivity contribution is -0.138. The standard InChI is InChI=1S/C18H26N4O4/c1-13(9-17(24)25)11-20-16(23)12-21-18(26)14-3-2-4-15(10-14)22-7-5-19-6-8-22/h2-4,10,13,19H,5-9,11-12H2,1H3,(H,20,23)(H,21,26)(H,24,25)/t13-/m1/s1. The minimum Gasteiger partial charge on any atom is -0.481 e. The van der Waals surface area contributed by atoms with E-state index in [0.29, 0.717) is 5.56 Å². The van der Waals surface area contributed by atoms with Gasteiger partial charge in [-0.1, -0.05) is 13.0 Å². The van der Waals surface area contributed by atoms with E-state index >= 15 is 0 Å². The first-order valence-corrected chi connectivity index (χ1v) is 8.78. The summed E-state index contributed by atoms with van der Waals surface area (Å²) in [6, 6.07) is 7.35. The fourth-order valence-electron chi connectivity index (χ4n) is 2.75. The molecule has 1 aliphatic rings. The predicted molar refractivity (Wildman–Crippen MR) is 98.3 cm³/mol. The minimum absolute atomic E-state index is 0.00848. The maximum absolute atomic E-state index is 12.3. The van der Waals surface area contributed by atoms with Gasteiger partial charge in [0.1, 0.15) is 0 Å². The normalized spacial score (nSPS) is 15.2. The molecule has 0 aromatic heterocycles. The van der Waals surface area contributed by atoms with Gasteiger partial charge in [-0.3, -0.25) is 14.4 Å². The van der Waals surface area contributed by atoms with Crippen LogP contribution in [-0.2, 0) is 9.59 Å². The van der Waals surface area contributed by atoms with Gasteiger partial charge in [-0.2, -0.15) is 0 Å². The van der Waals surface area contributed by atoms with Crippen LogP contribution in [0.2, 0.25) is 0 Å². The molecule has 142 valence electrons. The molecule has 8 heteroatoms. The second kappa shape index (κ2) is 9.76. The highest BCUT2D eigenvalue weighted by Crippen LogP contribution is 2.16. The molecule has 1 aliphatic heterocycles.